The van der Waals surface area contributed by atoms with Gasteiger partial charge in [0.2, 0.25) is 0 Å². The van der Waals surface area contributed by atoms with Crippen LogP contribution in [0.5, 0.6) is 0 Å². The summed E-state index contributed by atoms with van der Waals surface area (Å²) in [6.45, 7) is 5.74. The highest BCUT2D eigenvalue weighted by Gasteiger charge is 2.16. The fourth-order valence-electron chi connectivity index (χ4n) is 1.08. The first-order chi connectivity index (χ1) is 7.02. The molecule has 4 nitrogen and oxygen atoms in total. The molecule has 0 spiro atoms. The van der Waals surface area contributed by atoms with Gasteiger partial charge in [0.25, 0.3) is 0 Å². The molecule has 1 atom stereocenters. The molecule has 0 radical (unpaired) electrons. The van der Waals surface area contributed by atoms with Gasteiger partial charge in [-0.15, -0.1) is 6.58 Å². The lowest BCUT2D eigenvalue weighted by Crippen LogP contribution is -2.27. The summed E-state index contributed by atoms with van der Waals surface area (Å²) in [6.07, 6.45) is 2.09. The highest BCUT2D eigenvalue weighted by atomic mass is 32.2. The topological polar surface area (TPSA) is 63.6 Å². The van der Waals surface area contributed by atoms with Gasteiger partial charge in [-0.1, -0.05) is 19.4 Å². The summed E-state index contributed by atoms with van der Waals surface area (Å²) in [5.41, 5.74) is 0. The fraction of sp³-hybridized carbons (Fsp3) is 0.800. The van der Waals surface area contributed by atoms with E-state index in [1.165, 1.54) is 0 Å². The average Bonchev–Trinajstić information content (AvgIpc) is 2.14. The second-order valence-corrected chi connectivity index (χ2v) is 5.68. The number of rotatable bonds is 9. The Bertz CT molecular complexity index is 259. The molecular formula is C10H20O4S. The maximum absolute atomic E-state index is 11.4. The Morgan fingerprint density at radius 1 is 1.53 bits per heavy atom. The van der Waals surface area contributed by atoms with Crippen molar-refractivity contribution in [1.29, 1.82) is 0 Å². The van der Waals surface area contributed by atoms with E-state index in [1.807, 2.05) is 6.92 Å². The normalized spacial score (nSPS) is 13.7. The van der Waals surface area contributed by atoms with Crippen LogP contribution < -0.4 is 0 Å². The molecule has 0 saturated carbocycles. The summed E-state index contributed by atoms with van der Waals surface area (Å²) in [4.78, 5) is 0. The molecule has 5 heteroatoms. The highest BCUT2D eigenvalue weighted by Crippen LogP contribution is 2.00. The van der Waals surface area contributed by atoms with Crippen LogP contribution in [0.3, 0.4) is 0 Å². The van der Waals surface area contributed by atoms with Crippen molar-refractivity contribution in [3.05, 3.63) is 12.7 Å². The van der Waals surface area contributed by atoms with Crippen LogP contribution in [0.2, 0.25) is 0 Å². The fourth-order valence-corrected chi connectivity index (χ4v) is 2.65. The van der Waals surface area contributed by atoms with E-state index in [4.69, 9.17) is 4.74 Å². The number of aliphatic hydroxyl groups is 1. The molecule has 1 N–H and O–H groups in total. The van der Waals surface area contributed by atoms with E-state index >= 15 is 0 Å². The molecule has 0 aliphatic rings. The first-order valence-electron chi connectivity index (χ1n) is 5.09. The van der Waals surface area contributed by atoms with E-state index in [9.17, 15) is 13.5 Å². The minimum atomic E-state index is -3.14. The monoisotopic (exact) mass is 236 g/mol. The molecule has 0 aromatic carbocycles. The third kappa shape index (κ3) is 8.59. The van der Waals surface area contributed by atoms with Crippen molar-refractivity contribution in [1.82, 2.24) is 0 Å². The quantitative estimate of drug-likeness (QED) is 0.474. The van der Waals surface area contributed by atoms with Crippen LogP contribution in [0.15, 0.2) is 12.7 Å². The molecule has 0 aliphatic carbocycles. The number of unbranched alkanes of at least 4 members (excludes halogenated alkanes) is 1. The zero-order valence-electron chi connectivity index (χ0n) is 9.18. The Morgan fingerprint density at radius 3 is 2.73 bits per heavy atom. The van der Waals surface area contributed by atoms with Crippen molar-refractivity contribution >= 4 is 9.84 Å². The molecular weight excluding hydrogens is 216 g/mol. The van der Waals surface area contributed by atoms with Crippen LogP contribution in [-0.4, -0.2) is 44.3 Å². The molecule has 0 aliphatic heterocycles. The average molecular weight is 236 g/mol. The number of sulfone groups is 1. The summed E-state index contributed by atoms with van der Waals surface area (Å²) >= 11 is 0. The SMILES string of the molecule is C=CCOCC(O)CS(=O)(=O)CCCC. The molecule has 0 bridgehead atoms. The molecule has 0 fully saturated rings. The first-order valence-corrected chi connectivity index (χ1v) is 6.91. The van der Waals surface area contributed by atoms with Gasteiger partial charge in [0.05, 0.1) is 30.8 Å². The van der Waals surface area contributed by atoms with E-state index in [0.29, 0.717) is 13.0 Å². The largest absolute Gasteiger partial charge is 0.390 e. The molecule has 0 saturated heterocycles. The Hall–Kier alpha value is -0.390. The smallest absolute Gasteiger partial charge is 0.152 e. The number of hydrogen-bond acceptors (Lipinski definition) is 4. The standard InChI is InChI=1S/C10H20O4S/c1-3-5-7-15(12,13)9-10(11)8-14-6-4-2/h4,10-11H,2-3,5-9H2,1H3. The molecule has 0 heterocycles. The summed E-state index contributed by atoms with van der Waals surface area (Å²) < 4.78 is 27.8. The van der Waals surface area contributed by atoms with Crippen LogP contribution >= 0.6 is 0 Å². The summed E-state index contributed by atoms with van der Waals surface area (Å²) in [5, 5.41) is 9.37. The maximum atomic E-state index is 11.4. The van der Waals surface area contributed by atoms with Gasteiger partial charge >= 0.3 is 0 Å². The first kappa shape index (κ1) is 14.6. The van der Waals surface area contributed by atoms with Crippen molar-refractivity contribution in [2.45, 2.75) is 25.9 Å². The predicted octanol–water partition coefficient (Wildman–Crippen LogP) is 0.765. The van der Waals surface area contributed by atoms with Crippen molar-refractivity contribution in [3.63, 3.8) is 0 Å². The molecule has 0 aromatic rings. The van der Waals surface area contributed by atoms with E-state index in [1.54, 1.807) is 6.08 Å². The lowest BCUT2D eigenvalue weighted by molar-refractivity contribution is 0.0616. The Morgan fingerprint density at radius 2 is 2.20 bits per heavy atom. The molecule has 0 aromatic heterocycles. The third-order valence-electron chi connectivity index (χ3n) is 1.80. The Kier molecular flexibility index (Phi) is 7.64. The Labute approximate surface area is 91.9 Å². The number of ether oxygens (including phenoxy) is 1. The number of aliphatic hydroxyl groups excluding tert-OH is 1. The second-order valence-electron chi connectivity index (χ2n) is 3.45. The van der Waals surface area contributed by atoms with Gasteiger partial charge in [0.15, 0.2) is 9.84 Å². The van der Waals surface area contributed by atoms with Crippen molar-refractivity contribution in [2.24, 2.45) is 0 Å². The van der Waals surface area contributed by atoms with Gasteiger partial charge in [-0.3, -0.25) is 0 Å². The summed E-state index contributed by atoms with van der Waals surface area (Å²) in [7, 11) is -3.14. The van der Waals surface area contributed by atoms with Crippen molar-refractivity contribution in [2.75, 3.05) is 24.7 Å². The van der Waals surface area contributed by atoms with Crippen LogP contribution in [0.1, 0.15) is 19.8 Å². The van der Waals surface area contributed by atoms with Crippen molar-refractivity contribution < 1.29 is 18.3 Å². The van der Waals surface area contributed by atoms with Crippen LogP contribution in [-0.2, 0) is 14.6 Å². The minimum absolute atomic E-state index is 0.0391. The van der Waals surface area contributed by atoms with Gasteiger partial charge in [-0.25, -0.2) is 8.42 Å². The van der Waals surface area contributed by atoms with E-state index < -0.39 is 15.9 Å². The van der Waals surface area contributed by atoms with Crippen LogP contribution in [0, 0.1) is 0 Å². The molecule has 0 amide bonds. The van der Waals surface area contributed by atoms with Crippen LogP contribution in [0.4, 0.5) is 0 Å². The Balaban J connectivity index is 3.82. The van der Waals surface area contributed by atoms with Gasteiger partial charge in [-0.05, 0) is 6.42 Å². The molecule has 0 rings (SSSR count). The highest BCUT2D eigenvalue weighted by molar-refractivity contribution is 7.91. The van der Waals surface area contributed by atoms with Gasteiger partial charge in [-0.2, -0.15) is 0 Å². The summed E-state index contributed by atoms with van der Waals surface area (Å²) in [5.74, 6) is -0.0772. The predicted molar refractivity (Wildman–Crippen MR) is 60.6 cm³/mol. The third-order valence-corrected chi connectivity index (χ3v) is 3.60. The second kappa shape index (κ2) is 7.84. The zero-order valence-corrected chi connectivity index (χ0v) is 10.0. The lowest BCUT2D eigenvalue weighted by atomic mass is 10.4. The molecule has 15 heavy (non-hydrogen) atoms. The summed E-state index contributed by atoms with van der Waals surface area (Å²) in [6, 6.07) is 0. The van der Waals surface area contributed by atoms with E-state index in [0.717, 1.165) is 6.42 Å². The van der Waals surface area contributed by atoms with Gasteiger partial charge in [0, 0.05) is 0 Å². The van der Waals surface area contributed by atoms with Crippen LogP contribution in [0.25, 0.3) is 0 Å². The zero-order chi connectivity index (χ0) is 11.7. The number of hydrogen-bond donors (Lipinski definition) is 1. The maximum Gasteiger partial charge on any atom is 0.152 e. The lowest BCUT2D eigenvalue weighted by Gasteiger charge is -2.10. The van der Waals surface area contributed by atoms with E-state index in [-0.39, 0.29) is 18.1 Å². The van der Waals surface area contributed by atoms with Gasteiger partial charge < -0.3 is 9.84 Å². The molecule has 90 valence electrons. The molecule has 1 unspecified atom stereocenters. The van der Waals surface area contributed by atoms with Gasteiger partial charge in [0.1, 0.15) is 0 Å². The van der Waals surface area contributed by atoms with Crippen molar-refractivity contribution in [3.8, 4) is 0 Å². The van der Waals surface area contributed by atoms with E-state index in [2.05, 4.69) is 6.58 Å². The minimum Gasteiger partial charge on any atom is -0.390 e.